The third-order valence-corrected chi connectivity index (χ3v) is 2.51. The zero-order valence-corrected chi connectivity index (χ0v) is 11.4. The molecule has 0 aliphatic heterocycles. The Hall–Kier alpha value is -1.26. The molecule has 1 atom stereocenters. The largest absolute Gasteiger partial charge is 0.490 e. The molecule has 1 aromatic rings. The van der Waals surface area contributed by atoms with Crippen LogP contribution in [0.1, 0.15) is 25.8 Å². The summed E-state index contributed by atoms with van der Waals surface area (Å²) >= 11 is 0. The van der Waals surface area contributed by atoms with Gasteiger partial charge < -0.3 is 19.9 Å². The molecule has 0 bridgehead atoms. The van der Waals surface area contributed by atoms with Crippen LogP contribution in [0.5, 0.6) is 11.5 Å². The van der Waals surface area contributed by atoms with Gasteiger partial charge in [-0.2, -0.15) is 0 Å². The molecule has 102 valence electrons. The molecule has 0 aliphatic rings. The van der Waals surface area contributed by atoms with E-state index in [9.17, 15) is 5.11 Å². The topological polar surface area (TPSA) is 50.7 Å². The molecule has 0 saturated carbocycles. The fourth-order valence-electron chi connectivity index (χ4n) is 1.66. The van der Waals surface area contributed by atoms with Gasteiger partial charge in [0.1, 0.15) is 0 Å². The molecule has 1 rings (SSSR count). The molecule has 4 nitrogen and oxygen atoms in total. The lowest BCUT2D eigenvalue weighted by atomic mass is 10.2. The fraction of sp³-hybridized carbons (Fsp3) is 0.571. The summed E-state index contributed by atoms with van der Waals surface area (Å²) in [6, 6.07) is 5.87. The Kier molecular flexibility index (Phi) is 6.54. The van der Waals surface area contributed by atoms with Gasteiger partial charge in [-0.05, 0) is 27.0 Å². The highest BCUT2D eigenvalue weighted by molar-refractivity contribution is 5.46. The minimum absolute atomic E-state index is 0.350. The Morgan fingerprint density at radius 2 is 2.11 bits per heavy atom. The van der Waals surface area contributed by atoms with Gasteiger partial charge in [0.25, 0.3) is 0 Å². The van der Waals surface area contributed by atoms with Crippen LogP contribution < -0.4 is 14.8 Å². The summed E-state index contributed by atoms with van der Waals surface area (Å²) in [6.45, 7) is 5.52. The van der Waals surface area contributed by atoms with Crippen molar-refractivity contribution < 1.29 is 14.6 Å². The molecule has 1 aromatic carbocycles. The molecule has 4 heteroatoms. The van der Waals surface area contributed by atoms with Gasteiger partial charge in [0.2, 0.25) is 0 Å². The van der Waals surface area contributed by atoms with Crippen molar-refractivity contribution in [2.24, 2.45) is 0 Å². The number of para-hydroxylation sites is 1. The van der Waals surface area contributed by atoms with E-state index in [1.54, 1.807) is 6.92 Å². The molecule has 0 spiro atoms. The summed E-state index contributed by atoms with van der Waals surface area (Å²) in [7, 11) is 1.90. The second-order valence-corrected chi connectivity index (χ2v) is 4.19. The number of rotatable bonds is 8. The predicted octanol–water partition coefficient (Wildman–Crippen LogP) is 1.95. The third kappa shape index (κ3) is 4.55. The quantitative estimate of drug-likeness (QED) is 0.743. The highest BCUT2D eigenvalue weighted by atomic mass is 16.5. The van der Waals surface area contributed by atoms with Crippen LogP contribution in [-0.4, -0.2) is 31.5 Å². The molecule has 0 amide bonds. The maximum absolute atomic E-state index is 9.25. The molecule has 0 aromatic heterocycles. The van der Waals surface area contributed by atoms with E-state index >= 15 is 0 Å². The van der Waals surface area contributed by atoms with Gasteiger partial charge in [-0.25, -0.2) is 0 Å². The molecule has 0 aliphatic carbocycles. The van der Waals surface area contributed by atoms with Crippen LogP contribution in [-0.2, 0) is 6.54 Å². The number of ether oxygens (including phenoxy) is 2. The van der Waals surface area contributed by atoms with Crippen molar-refractivity contribution in [3.05, 3.63) is 23.8 Å². The summed E-state index contributed by atoms with van der Waals surface area (Å²) in [6.07, 6.45) is 0.261. The Bertz CT molecular complexity index is 329. The first-order valence-electron chi connectivity index (χ1n) is 6.39. The Balaban J connectivity index is 2.80. The number of aliphatic hydroxyl groups excluding tert-OH is 1. The van der Waals surface area contributed by atoms with Gasteiger partial charge in [0.15, 0.2) is 11.5 Å². The molecular formula is C14H23NO3. The van der Waals surface area contributed by atoms with Crippen LogP contribution >= 0.6 is 0 Å². The normalized spacial score (nSPS) is 12.2. The van der Waals surface area contributed by atoms with E-state index < -0.39 is 0 Å². The molecule has 2 N–H and O–H groups in total. The van der Waals surface area contributed by atoms with Gasteiger partial charge in [-0.1, -0.05) is 12.1 Å². The minimum atomic E-state index is -0.350. The van der Waals surface area contributed by atoms with E-state index in [2.05, 4.69) is 5.32 Å². The van der Waals surface area contributed by atoms with Crippen molar-refractivity contribution in [3.8, 4) is 11.5 Å². The van der Waals surface area contributed by atoms with Crippen molar-refractivity contribution in [1.29, 1.82) is 0 Å². The second kappa shape index (κ2) is 7.95. The number of aliphatic hydroxyl groups is 1. The number of hydrogen-bond acceptors (Lipinski definition) is 4. The molecular weight excluding hydrogens is 230 g/mol. The summed E-state index contributed by atoms with van der Waals surface area (Å²) < 4.78 is 11.3. The lowest BCUT2D eigenvalue weighted by molar-refractivity contribution is 0.153. The molecule has 0 saturated heterocycles. The van der Waals surface area contributed by atoms with Crippen LogP contribution in [0, 0.1) is 0 Å². The maximum Gasteiger partial charge on any atom is 0.165 e. The van der Waals surface area contributed by atoms with Gasteiger partial charge in [0, 0.05) is 18.5 Å². The van der Waals surface area contributed by atoms with E-state index in [1.165, 1.54) is 0 Å². The summed E-state index contributed by atoms with van der Waals surface area (Å²) in [5.74, 6) is 1.53. The van der Waals surface area contributed by atoms with Crippen molar-refractivity contribution in [1.82, 2.24) is 5.32 Å². The van der Waals surface area contributed by atoms with Crippen LogP contribution in [0.2, 0.25) is 0 Å². The molecule has 0 radical (unpaired) electrons. The smallest absolute Gasteiger partial charge is 0.165 e. The van der Waals surface area contributed by atoms with Crippen LogP contribution in [0.4, 0.5) is 0 Å². The average molecular weight is 253 g/mol. The van der Waals surface area contributed by atoms with Crippen LogP contribution in [0.25, 0.3) is 0 Å². The van der Waals surface area contributed by atoms with Crippen LogP contribution in [0.15, 0.2) is 18.2 Å². The lowest BCUT2D eigenvalue weighted by Crippen LogP contribution is -2.12. The van der Waals surface area contributed by atoms with E-state index in [1.807, 2.05) is 32.2 Å². The van der Waals surface area contributed by atoms with E-state index in [0.717, 1.165) is 23.6 Å². The Labute approximate surface area is 109 Å². The first-order chi connectivity index (χ1) is 8.69. The lowest BCUT2D eigenvalue weighted by Gasteiger charge is -2.16. The van der Waals surface area contributed by atoms with Gasteiger partial charge in [0.05, 0.1) is 19.3 Å². The number of hydrogen-bond donors (Lipinski definition) is 2. The van der Waals surface area contributed by atoms with Crippen molar-refractivity contribution in [3.63, 3.8) is 0 Å². The van der Waals surface area contributed by atoms with Gasteiger partial charge in [-0.3, -0.25) is 0 Å². The van der Waals surface area contributed by atoms with E-state index in [0.29, 0.717) is 19.6 Å². The first-order valence-corrected chi connectivity index (χ1v) is 6.39. The average Bonchev–Trinajstić information content (AvgIpc) is 2.32. The first kappa shape index (κ1) is 14.8. The van der Waals surface area contributed by atoms with E-state index in [-0.39, 0.29) is 6.10 Å². The van der Waals surface area contributed by atoms with Gasteiger partial charge in [-0.15, -0.1) is 0 Å². The predicted molar refractivity (Wildman–Crippen MR) is 72.2 cm³/mol. The Morgan fingerprint density at radius 3 is 2.72 bits per heavy atom. The standard InChI is InChI=1S/C14H23NO3/c1-4-17-13-7-5-6-12(10-15-3)14(13)18-9-8-11(2)16/h5-7,11,15-16H,4,8-10H2,1-3H3. The third-order valence-electron chi connectivity index (χ3n) is 2.51. The highest BCUT2D eigenvalue weighted by Crippen LogP contribution is 2.31. The fourth-order valence-corrected chi connectivity index (χ4v) is 1.66. The van der Waals surface area contributed by atoms with Gasteiger partial charge >= 0.3 is 0 Å². The van der Waals surface area contributed by atoms with E-state index in [4.69, 9.17) is 9.47 Å². The second-order valence-electron chi connectivity index (χ2n) is 4.19. The van der Waals surface area contributed by atoms with Crippen molar-refractivity contribution >= 4 is 0 Å². The van der Waals surface area contributed by atoms with Crippen molar-refractivity contribution in [2.45, 2.75) is 32.9 Å². The molecule has 0 heterocycles. The Morgan fingerprint density at radius 1 is 1.33 bits per heavy atom. The minimum Gasteiger partial charge on any atom is -0.490 e. The number of benzene rings is 1. The summed E-state index contributed by atoms with van der Waals surface area (Å²) in [5.41, 5.74) is 1.06. The molecule has 18 heavy (non-hydrogen) atoms. The van der Waals surface area contributed by atoms with Crippen molar-refractivity contribution in [2.75, 3.05) is 20.3 Å². The zero-order valence-electron chi connectivity index (χ0n) is 11.4. The molecule has 1 unspecified atom stereocenters. The summed E-state index contributed by atoms with van der Waals surface area (Å²) in [5, 5.41) is 12.4. The SMILES string of the molecule is CCOc1cccc(CNC)c1OCCC(C)O. The molecule has 0 fully saturated rings. The highest BCUT2D eigenvalue weighted by Gasteiger charge is 2.10. The summed E-state index contributed by atoms with van der Waals surface area (Å²) in [4.78, 5) is 0. The monoisotopic (exact) mass is 253 g/mol. The number of nitrogens with one attached hydrogen (secondary N) is 1. The maximum atomic E-state index is 9.25. The zero-order chi connectivity index (χ0) is 13.4. The van der Waals surface area contributed by atoms with Crippen LogP contribution in [0.3, 0.4) is 0 Å².